The molecule has 0 fully saturated rings. The van der Waals surface area contributed by atoms with Gasteiger partial charge in [0.25, 0.3) is 5.91 Å². The van der Waals surface area contributed by atoms with Crippen molar-refractivity contribution in [3.63, 3.8) is 0 Å². The van der Waals surface area contributed by atoms with Crippen LogP contribution in [0.5, 0.6) is 0 Å². The molecular weight excluding hydrogens is 258 g/mol. The largest absolute Gasteiger partial charge is 0.322 e. The van der Waals surface area contributed by atoms with Gasteiger partial charge in [-0.15, -0.1) is 11.6 Å². The van der Waals surface area contributed by atoms with Gasteiger partial charge in [-0.1, -0.05) is 36.4 Å². The summed E-state index contributed by atoms with van der Waals surface area (Å²) in [6.45, 7) is 3.81. The van der Waals surface area contributed by atoms with Gasteiger partial charge in [0, 0.05) is 11.3 Å². The Morgan fingerprint density at radius 2 is 1.74 bits per heavy atom. The Morgan fingerprint density at radius 3 is 2.42 bits per heavy atom. The van der Waals surface area contributed by atoms with E-state index in [2.05, 4.69) is 5.32 Å². The van der Waals surface area contributed by atoms with E-state index in [1.54, 1.807) is 0 Å². The number of para-hydroxylation sites is 1. The fourth-order valence-corrected chi connectivity index (χ4v) is 2.17. The summed E-state index contributed by atoms with van der Waals surface area (Å²) in [4.78, 5) is 12.3. The lowest BCUT2D eigenvalue weighted by atomic mass is 10.1. The molecule has 0 bridgehead atoms. The number of nitrogens with one attached hydrogen (secondary N) is 1. The molecule has 1 amide bonds. The Labute approximate surface area is 118 Å². The monoisotopic (exact) mass is 273 g/mol. The maximum Gasteiger partial charge on any atom is 0.255 e. The number of halogens is 1. The molecule has 0 saturated carbocycles. The molecule has 2 nitrogen and oxygen atoms in total. The molecule has 3 heteroatoms. The number of amides is 1. The third kappa shape index (κ3) is 3.15. The number of benzene rings is 2. The normalized spacial score (nSPS) is 11.9. The molecule has 0 heterocycles. The second kappa shape index (κ2) is 5.89. The zero-order valence-electron chi connectivity index (χ0n) is 11.0. The number of hydrogen-bond acceptors (Lipinski definition) is 1. The third-order valence-corrected chi connectivity index (χ3v) is 3.26. The van der Waals surface area contributed by atoms with Gasteiger partial charge < -0.3 is 5.32 Å². The summed E-state index contributed by atoms with van der Waals surface area (Å²) in [6.07, 6.45) is 0. The van der Waals surface area contributed by atoms with Gasteiger partial charge in [0.1, 0.15) is 0 Å². The van der Waals surface area contributed by atoms with Crippen molar-refractivity contribution in [2.75, 3.05) is 5.32 Å². The summed E-state index contributed by atoms with van der Waals surface area (Å²) in [6, 6.07) is 15.1. The van der Waals surface area contributed by atoms with Crippen LogP contribution in [0.25, 0.3) is 0 Å². The van der Waals surface area contributed by atoms with E-state index in [0.717, 1.165) is 16.8 Å². The van der Waals surface area contributed by atoms with E-state index < -0.39 is 0 Å². The predicted octanol–water partition coefficient (Wildman–Crippen LogP) is 4.55. The molecule has 1 N–H and O–H groups in total. The van der Waals surface area contributed by atoms with Gasteiger partial charge in [-0.25, -0.2) is 0 Å². The molecule has 1 atom stereocenters. The van der Waals surface area contributed by atoms with Crippen molar-refractivity contribution < 1.29 is 4.79 Å². The highest BCUT2D eigenvalue weighted by Crippen LogP contribution is 2.27. The molecule has 2 rings (SSSR count). The summed E-state index contributed by atoms with van der Waals surface area (Å²) in [7, 11) is 0. The first kappa shape index (κ1) is 13.6. The Kier molecular flexibility index (Phi) is 4.23. The molecule has 0 aliphatic heterocycles. The van der Waals surface area contributed by atoms with Crippen molar-refractivity contribution in [1.29, 1.82) is 0 Å². The van der Waals surface area contributed by atoms with E-state index in [0.29, 0.717) is 5.56 Å². The van der Waals surface area contributed by atoms with Crippen molar-refractivity contribution in [2.45, 2.75) is 19.2 Å². The molecule has 0 spiro atoms. The van der Waals surface area contributed by atoms with E-state index in [9.17, 15) is 4.79 Å². The zero-order chi connectivity index (χ0) is 13.8. The van der Waals surface area contributed by atoms with E-state index in [4.69, 9.17) is 11.6 Å². The van der Waals surface area contributed by atoms with Gasteiger partial charge in [0.15, 0.2) is 0 Å². The van der Waals surface area contributed by atoms with Crippen molar-refractivity contribution in [3.8, 4) is 0 Å². The number of carbonyl (C=O) groups is 1. The first-order valence-corrected chi connectivity index (χ1v) is 6.63. The summed E-state index contributed by atoms with van der Waals surface area (Å²) in [5, 5.41) is 2.78. The molecule has 19 heavy (non-hydrogen) atoms. The molecular formula is C16H16ClNO. The van der Waals surface area contributed by atoms with Gasteiger partial charge >= 0.3 is 0 Å². The molecule has 0 saturated heterocycles. The Balaban J connectivity index is 2.27. The number of alkyl halides is 1. The Bertz CT molecular complexity index is 593. The van der Waals surface area contributed by atoms with Crippen LogP contribution in [0.15, 0.2) is 48.5 Å². The minimum Gasteiger partial charge on any atom is -0.322 e. The fraction of sp³-hybridized carbons (Fsp3) is 0.188. The van der Waals surface area contributed by atoms with Crippen LogP contribution >= 0.6 is 11.6 Å². The fourth-order valence-electron chi connectivity index (χ4n) is 1.98. The van der Waals surface area contributed by atoms with Gasteiger partial charge in [-0.2, -0.15) is 0 Å². The smallest absolute Gasteiger partial charge is 0.255 e. The standard InChI is InChI=1S/C16H16ClNO/c1-11-7-3-4-8-13(11)16(19)18-15-10-6-5-9-14(15)12(2)17/h3-10,12H,1-2H3,(H,18,19). The van der Waals surface area contributed by atoms with Crippen LogP contribution in [0.2, 0.25) is 0 Å². The lowest BCUT2D eigenvalue weighted by Crippen LogP contribution is -2.14. The van der Waals surface area contributed by atoms with Gasteiger partial charge in [0.05, 0.1) is 5.38 Å². The number of aryl methyl sites for hydroxylation is 1. The first-order chi connectivity index (χ1) is 9.09. The molecule has 1 unspecified atom stereocenters. The summed E-state index contributed by atoms with van der Waals surface area (Å²) in [5.41, 5.74) is 3.32. The number of anilines is 1. The second-order valence-corrected chi connectivity index (χ2v) is 5.13. The molecule has 2 aromatic rings. The highest BCUT2D eigenvalue weighted by atomic mass is 35.5. The van der Waals surface area contributed by atoms with Crippen LogP contribution in [0, 0.1) is 6.92 Å². The SMILES string of the molecule is Cc1ccccc1C(=O)Nc1ccccc1C(C)Cl. The van der Waals surface area contributed by atoms with Crippen LogP contribution < -0.4 is 5.32 Å². The highest BCUT2D eigenvalue weighted by molar-refractivity contribution is 6.21. The molecule has 0 aliphatic carbocycles. The lowest BCUT2D eigenvalue weighted by molar-refractivity contribution is 0.102. The molecule has 0 radical (unpaired) electrons. The van der Waals surface area contributed by atoms with Crippen LogP contribution in [0.1, 0.15) is 33.8 Å². The van der Waals surface area contributed by atoms with Gasteiger partial charge in [-0.05, 0) is 37.1 Å². The Morgan fingerprint density at radius 1 is 1.11 bits per heavy atom. The quantitative estimate of drug-likeness (QED) is 0.817. The van der Waals surface area contributed by atoms with E-state index in [1.165, 1.54) is 0 Å². The molecule has 98 valence electrons. The Hall–Kier alpha value is -1.80. The van der Waals surface area contributed by atoms with Crippen LogP contribution in [0.4, 0.5) is 5.69 Å². The summed E-state index contributed by atoms with van der Waals surface area (Å²) in [5.74, 6) is -0.108. The first-order valence-electron chi connectivity index (χ1n) is 6.19. The third-order valence-electron chi connectivity index (χ3n) is 3.03. The maximum absolute atomic E-state index is 12.3. The minimum absolute atomic E-state index is 0.108. The number of rotatable bonds is 3. The van der Waals surface area contributed by atoms with Crippen molar-refractivity contribution in [3.05, 3.63) is 65.2 Å². The van der Waals surface area contributed by atoms with Gasteiger partial charge in [-0.3, -0.25) is 4.79 Å². The maximum atomic E-state index is 12.3. The van der Waals surface area contributed by atoms with E-state index in [-0.39, 0.29) is 11.3 Å². The average molecular weight is 274 g/mol. The predicted molar refractivity (Wildman–Crippen MR) is 79.8 cm³/mol. The molecule has 2 aromatic carbocycles. The molecule has 0 aromatic heterocycles. The van der Waals surface area contributed by atoms with Crippen LogP contribution in [-0.2, 0) is 0 Å². The summed E-state index contributed by atoms with van der Waals surface area (Å²) >= 11 is 6.12. The lowest BCUT2D eigenvalue weighted by Gasteiger charge is -2.13. The van der Waals surface area contributed by atoms with Crippen molar-refractivity contribution >= 4 is 23.2 Å². The van der Waals surface area contributed by atoms with Crippen LogP contribution in [-0.4, -0.2) is 5.91 Å². The second-order valence-electron chi connectivity index (χ2n) is 4.47. The number of carbonyl (C=O) groups excluding carboxylic acids is 1. The van der Waals surface area contributed by atoms with Crippen molar-refractivity contribution in [1.82, 2.24) is 0 Å². The zero-order valence-corrected chi connectivity index (χ0v) is 11.7. The molecule has 0 aliphatic rings. The average Bonchev–Trinajstić information content (AvgIpc) is 2.39. The van der Waals surface area contributed by atoms with Gasteiger partial charge in [0.2, 0.25) is 0 Å². The number of hydrogen-bond donors (Lipinski definition) is 1. The highest BCUT2D eigenvalue weighted by Gasteiger charge is 2.12. The summed E-state index contributed by atoms with van der Waals surface area (Å²) < 4.78 is 0. The van der Waals surface area contributed by atoms with E-state index >= 15 is 0 Å². The minimum atomic E-state index is -0.145. The topological polar surface area (TPSA) is 29.1 Å². The van der Waals surface area contributed by atoms with Crippen molar-refractivity contribution in [2.24, 2.45) is 0 Å². The van der Waals surface area contributed by atoms with E-state index in [1.807, 2.05) is 62.4 Å². The van der Waals surface area contributed by atoms with Crippen LogP contribution in [0.3, 0.4) is 0 Å².